The van der Waals surface area contributed by atoms with Crippen molar-refractivity contribution < 1.29 is 14.5 Å². The quantitative estimate of drug-likeness (QED) is 0.638. The van der Waals surface area contributed by atoms with Gasteiger partial charge in [-0.05, 0) is 75.7 Å². The minimum absolute atomic E-state index is 0.0867. The average molecular weight is 358 g/mol. The molecule has 1 aromatic carbocycles. The molecular formula is C20H26N2O4. The van der Waals surface area contributed by atoms with Crippen molar-refractivity contribution in [2.24, 2.45) is 23.7 Å². The van der Waals surface area contributed by atoms with Crippen LogP contribution < -0.4 is 10.1 Å². The Morgan fingerprint density at radius 2 is 1.77 bits per heavy atom. The monoisotopic (exact) mass is 358 g/mol. The van der Waals surface area contributed by atoms with Gasteiger partial charge in [0.05, 0.1) is 16.6 Å². The van der Waals surface area contributed by atoms with Crippen LogP contribution in [0.2, 0.25) is 0 Å². The average Bonchev–Trinajstić information content (AvgIpc) is 2.57. The summed E-state index contributed by atoms with van der Waals surface area (Å²) >= 11 is 0. The molecule has 0 radical (unpaired) electrons. The Bertz CT molecular complexity index is 703. The Morgan fingerprint density at radius 1 is 1.15 bits per heavy atom. The molecule has 0 aliphatic heterocycles. The largest absolute Gasteiger partial charge is 0.490 e. The van der Waals surface area contributed by atoms with Crippen molar-refractivity contribution in [2.75, 3.05) is 0 Å². The lowest BCUT2D eigenvalue weighted by Crippen LogP contribution is -2.55. The van der Waals surface area contributed by atoms with E-state index in [2.05, 4.69) is 5.32 Å². The molecule has 0 aromatic heterocycles. The van der Waals surface area contributed by atoms with Crippen LogP contribution in [0.4, 0.5) is 5.69 Å². The van der Waals surface area contributed by atoms with Gasteiger partial charge < -0.3 is 10.1 Å². The number of amides is 1. The molecule has 4 fully saturated rings. The zero-order valence-electron chi connectivity index (χ0n) is 15.3. The number of rotatable bonds is 5. The Morgan fingerprint density at radius 3 is 2.31 bits per heavy atom. The maximum Gasteiger partial charge on any atom is 0.270 e. The van der Waals surface area contributed by atoms with Crippen LogP contribution >= 0.6 is 0 Å². The summed E-state index contributed by atoms with van der Waals surface area (Å²) in [6.45, 7) is 3.75. The Balaban J connectivity index is 1.57. The van der Waals surface area contributed by atoms with Crippen LogP contribution in [0.15, 0.2) is 18.2 Å². The number of carbonyl (C=O) groups is 1. The number of ether oxygens (including phenoxy) is 1. The molecule has 6 nitrogen and oxygen atoms in total. The predicted molar refractivity (Wildman–Crippen MR) is 97.2 cm³/mol. The lowest BCUT2D eigenvalue weighted by molar-refractivity contribution is -0.384. The molecule has 5 rings (SSSR count). The molecule has 4 saturated carbocycles. The fraction of sp³-hybridized carbons (Fsp3) is 0.650. The van der Waals surface area contributed by atoms with E-state index in [1.54, 1.807) is 0 Å². The molecule has 6 heteroatoms. The summed E-state index contributed by atoms with van der Waals surface area (Å²) in [7, 11) is 0. The van der Waals surface area contributed by atoms with Crippen molar-refractivity contribution in [3.05, 3.63) is 33.9 Å². The van der Waals surface area contributed by atoms with Crippen LogP contribution in [0.1, 0.15) is 56.3 Å². The Kier molecular flexibility index (Phi) is 4.37. The highest BCUT2D eigenvalue weighted by molar-refractivity contribution is 5.97. The molecule has 140 valence electrons. The highest BCUT2D eigenvalue weighted by Crippen LogP contribution is 2.53. The summed E-state index contributed by atoms with van der Waals surface area (Å²) in [4.78, 5) is 23.7. The number of nitrogens with zero attached hydrogens (tertiary/aromatic N) is 1. The van der Waals surface area contributed by atoms with E-state index in [4.69, 9.17) is 4.74 Å². The smallest absolute Gasteiger partial charge is 0.270 e. The van der Waals surface area contributed by atoms with Crippen LogP contribution in [0, 0.1) is 33.8 Å². The third-order valence-electron chi connectivity index (χ3n) is 6.31. The van der Waals surface area contributed by atoms with Crippen LogP contribution in [0.25, 0.3) is 0 Å². The van der Waals surface area contributed by atoms with Gasteiger partial charge in [0, 0.05) is 18.2 Å². The van der Waals surface area contributed by atoms with Crippen LogP contribution in [0.5, 0.6) is 5.75 Å². The van der Waals surface area contributed by atoms with E-state index in [1.165, 1.54) is 50.3 Å². The normalized spacial score (nSPS) is 31.9. The molecule has 0 spiro atoms. The summed E-state index contributed by atoms with van der Waals surface area (Å²) in [6, 6.07) is 4.45. The standard InChI is InChI=1S/C20H26N2O4/c1-11(2)26-18-4-3-16(22(24)25)10-17(18)20(23)21-19-14-6-12-5-13(8-14)9-15(19)7-12/h3-4,10-15,19H,5-9H2,1-2H3,(H,21,23). The molecule has 0 heterocycles. The van der Waals surface area contributed by atoms with Crippen molar-refractivity contribution >= 4 is 11.6 Å². The van der Waals surface area contributed by atoms with Crippen molar-refractivity contribution in [3.8, 4) is 5.75 Å². The lowest BCUT2D eigenvalue weighted by atomic mass is 9.54. The van der Waals surface area contributed by atoms with Crippen LogP contribution in [-0.2, 0) is 0 Å². The zero-order chi connectivity index (χ0) is 18.4. The zero-order valence-corrected chi connectivity index (χ0v) is 15.3. The molecule has 0 unspecified atom stereocenters. The molecular weight excluding hydrogens is 332 g/mol. The molecule has 4 aliphatic carbocycles. The first-order valence-electron chi connectivity index (χ1n) is 9.66. The summed E-state index contributed by atoms with van der Waals surface area (Å²) in [6.07, 6.45) is 6.10. The summed E-state index contributed by atoms with van der Waals surface area (Å²) in [5, 5.41) is 14.3. The first-order valence-corrected chi connectivity index (χ1v) is 9.66. The molecule has 1 aromatic rings. The molecule has 1 amide bonds. The highest BCUT2D eigenvalue weighted by atomic mass is 16.6. The molecule has 0 saturated heterocycles. The van der Waals surface area contributed by atoms with Gasteiger partial charge in [0.25, 0.3) is 11.6 Å². The first-order chi connectivity index (χ1) is 12.4. The van der Waals surface area contributed by atoms with E-state index in [0.29, 0.717) is 17.6 Å². The van der Waals surface area contributed by atoms with Gasteiger partial charge in [-0.1, -0.05) is 0 Å². The maximum absolute atomic E-state index is 13.0. The predicted octanol–water partition coefficient (Wildman–Crippen LogP) is 3.94. The number of nitrogens with one attached hydrogen (secondary N) is 1. The van der Waals surface area contributed by atoms with E-state index in [0.717, 1.165) is 11.8 Å². The van der Waals surface area contributed by atoms with Gasteiger partial charge in [0.2, 0.25) is 0 Å². The third kappa shape index (κ3) is 3.17. The molecule has 4 aliphatic rings. The number of benzene rings is 1. The van der Waals surface area contributed by atoms with Crippen LogP contribution in [-0.4, -0.2) is 23.0 Å². The molecule has 0 atom stereocenters. The number of hydrogen-bond acceptors (Lipinski definition) is 4. The molecule has 26 heavy (non-hydrogen) atoms. The fourth-order valence-corrected chi connectivity index (χ4v) is 5.56. The maximum atomic E-state index is 13.0. The van der Waals surface area contributed by atoms with Gasteiger partial charge in [0.15, 0.2) is 0 Å². The van der Waals surface area contributed by atoms with E-state index in [9.17, 15) is 14.9 Å². The first kappa shape index (κ1) is 17.3. The van der Waals surface area contributed by atoms with Gasteiger partial charge in [-0.15, -0.1) is 0 Å². The van der Waals surface area contributed by atoms with Gasteiger partial charge in [0.1, 0.15) is 5.75 Å². The summed E-state index contributed by atoms with van der Waals surface area (Å²) < 4.78 is 5.73. The second-order valence-corrected chi connectivity index (χ2v) is 8.53. The van der Waals surface area contributed by atoms with Gasteiger partial charge in [-0.2, -0.15) is 0 Å². The fourth-order valence-electron chi connectivity index (χ4n) is 5.56. The van der Waals surface area contributed by atoms with Gasteiger partial charge >= 0.3 is 0 Å². The molecule has 4 bridgehead atoms. The SMILES string of the molecule is CC(C)Oc1ccc([N+](=O)[O-])cc1C(=O)NC1C2CC3CC(C2)CC1C3. The van der Waals surface area contributed by atoms with Crippen molar-refractivity contribution in [1.29, 1.82) is 0 Å². The van der Waals surface area contributed by atoms with E-state index < -0.39 is 4.92 Å². The number of carbonyl (C=O) groups excluding carboxylic acids is 1. The van der Waals surface area contributed by atoms with E-state index in [-0.39, 0.29) is 29.3 Å². The second kappa shape index (κ2) is 6.56. The molecule has 1 N–H and O–H groups in total. The van der Waals surface area contributed by atoms with Crippen molar-refractivity contribution in [2.45, 2.75) is 58.1 Å². The second-order valence-electron chi connectivity index (χ2n) is 8.53. The highest BCUT2D eigenvalue weighted by Gasteiger charge is 2.48. The number of non-ortho nitro benzene ring substituents is 1. The van der Waals surface area contributed by atoms with Crippen molar-refractivity contribution in [3.63, 3.8) is 0 Å². The Hall–Kier alpha value is -2.11. The van der Waals surface area contributed by atoms with Gasteiger partial charge in [-0.25, -0.2) is 0 Å². The lowest BCUT2D eigenvalue weighted by Gasteiger charge is -2.54. The van der Waals surface area contributed by atoms with Crippen LogP contribution in [0.3, 0.4) is 0 Å². The van der Waals surface area contributed by atoms with E-state index in [1.807, 2.05) is 13.8 Å². The summed E-state index contributed by atoms with van der Waals surface area (Å²) in [5.41, 5.74) is 0.179. The Labute approximate surface area is 153 Å². The summed E-state index contributed by atoms with van der Waals surface area (Å²) in [5.74, 6) is 2.95. The third-order valence-corrected chi connectivity index (χ3v) is 6.31. The van der Waals surface area contributed by atoms with Crippen molar-refractivity contribution in [1.82, 2.24) is 5.32 Å². The number of hydrogen-bond donors (Lipinski definition) is 1. The minimum atomic E-state index is -0.473. The van der Waals surface area contributed by atoms with Gasteiger partial charge in [-0.3, -0.25) is 14.9 Å². The minimum Gasteiger partial charge on any atom is -0.490 e. The number of nitro benzene ring substituents is 1. The number of nitro groups is 1. The van der Waals surface area contributed by atoms with E-state index >= 15 is 0 Å². The topological polar surface area (TPSA) is 81.5 Å².